The molecule has 2 aromatic rings. The predicted octanol–water partition coefficient (Wildman–Crippen LogP) is 3.28. The SMILES string of the molecule is Cc1nccc(NC(C)COc2c(C)cccc2C)n1. The average Bonchev–Trinajstić information content (AvgIpc) is 2.38. The van der Waals surface area contributed by atoms with Crippen molar-refractivity contribution in [1.29, 1.82) is 0 Å². The fraction of sp³-hybridized carbons (Fsp3) is 0.375. The molecule has 0 aliphatic rings. The van der Waals surface area contributed by atoms with Crippen LogP contribution in [-0.4, -0.2) is 22.6 Å². The highest BCUT2D eigenvalue weighted by Gasteiger charge is 2.07. The van der Waals surface area contributed by atoms with Gasteiger partial charge in [-0.1, -0.05) is 18.2 Å². The first-order valence-electron chi connectivity index (χ1n) is 6.81. The Balaban J connectivity index is 1.94. The molecule has 0 bridgehead atoms. The van der Waals surface area contributed by atoms with E-state index in [2.05, 4.69) is 48.2 Å². The molecule has 20 heavy (non-hydrogen) atoms. The van der Waals surface area contributed by atoms with Gasteiger partial charge in [-0.15, -0.1) is 0 Å². The van der Waals surface area contributed by atoms with Crippen molar-refractivity contribution in [1.82, 2.24) is 9.97 Å². The summed E-state index contributed by atoms with van der Waals surface area (Å²) in [6.45, 7) is 8.67. The molecule has 2 rings (SSSR count). The first kappa shape index (κ1) is 14.3. The van der Waals surface area contributed by atoms with Gasteiger partial charge < -0.3 is 10.1 Å². The van der Waals surface area contributed by atoms with Gasteiger partial charge >= 0.3 is 0 Å². The van der Waals surface area contributed by atoms with Crippen LogP contribution in [0.15, 0.2) is 30.5 Å². The Morgan fingerprint density at radius 3 is 2.50 bits per heavy atom. The number of anilines is 1. The predicted molar refractivity (Wildman–Crippen MR) is 81.3 cm³/mol. The molecule has 1 N–H and O–H groups in total. The Kier molecular flexibility index (Phi) is 4.56. The zero-order chi connectivity index (χ0) is 14.5. The van der Waals surface area contributed by atoms with E-state index in [1.54, 1.807) is 6.20 Å². The topological polar surface area (TPSA) is 47.0 Å². The van der Waals surface area contributed by atoms with Crippen LogP contribution < -0.4 is 10.1 Å². The van der Waals surface area contributed by atoms with Crippen molar-refractivity contribution in [2.24, 2.45) is 0 Å². The van der Waals surface area contributed by atoms with Gasteiger partial charge in [0.2, 0.25) is 0 Å². The van der Waals surface area contributed by atoms with Gasteiger partial charge in [-0.2, -0.15) is 0 Å². The zero-order valence-corrected chi connectivity index (χ0v) is 12.5. The number of hydrogen-bond donors (Lipinski definition) is 1. The third kappa shape index (κ3) is 3.70. The Bertz CT molecular complexity index is 563. The lowest BCUT2D eigenvalue weighted by Gasteiger charge is -2.18. The summed E-state index contributed by atoms with van der Waals surface area (Å²) in [5.41, 5.74) is 2.32. The minimum atomic E-state index is 0.170. The van der Waals surface area contributed by atoms with E-state index < -0.39 is 0 Å². The molecule has 4 nitrogen and oxygen atoms in total. The van der Waals surface area contributed by atoms with Gasteiger partial charge in [-0.25, -0.2) is 9.97 Å². The molecule has 0 saturated heterocycles. The quantitative estimate of drug-likeness (QED) is 0.906. The van der Waals surface area contributed by atoms with E-state index in [-0.39, 0.29) is 6.04 Å². The van der Waals surface area contributed by atoms with Gasteiger partial charge in [-0.05, 0) is 44.9 Å². The van der Waals surface area contributed by atoms with Crippen LogP contribution in [-0.2, 0) is 0 Å². The summed E-state index contributed by atoms with van der Waals surface area (Å²) in [7, 11) is 0. The smallest absolute Gasteiger partial charge is 0.129 e. The van der Waals surface area contributed by atoms with Crippen LogP contribution in [0.5, 0.6) is 5.75 Å². The maximum absolute atomic E-state index is 5.93. The summed E-state index contributed by atoms with van der Waals surface area (Å²) in [6, 6.07) is 8.21. The molecular formula is C16H21N3O. The molecule has 1 heterocycles. The third-order valence-electron chi connectivity index (χ3n) is 3.06. The summed E-state index contributed by atoms with van der Waals surface area (Å²) in [4.78, 5) is 8.41. The van der Waals surface area contributed by atoms with Crippen molar-refractivity contribution in [2.75, 3.05) is 11.9 Å². The normalized spacial score (nSPS) is 12.0. The van der Waals surface area contributed by atoms with E-state index in [9.17, 15) is 0 Å². The number of aromatic nitrogens is 2. The summed E-state index contributed by atoms with van der Waals surface area (Å²) < 4.78 is 5.93. The zero-order valence-electron chi connectivity index (χ0n) is 12.5. The molecule has 0 spiro atoms. The van der Waals surface area contributed by atoms with E-state index in [0.717, 1.165) is 28.5 Å². The highest BCUT2D eigenvalue weighted by molar-refractivity contribution is 5.40. The van der Waals surface area contributed by atoms with E-state index in [1.807, 2.05) is 19.1 Å². The highest BCUT2D eigenvalue weighted by Crippen LogP contribution is 2.22. The number of rotatable bonds is 5. The molecule has 0 radical (unpaired) electrons. The lowest BCUT2D eigenvalue weighted by atomic mass is 10.1. The second kappa shape index (κ2) is 6.37. The minimum Gasteiger partial charge on any atom is -0.491 e. The molecule has 106 valence electrons. The first-order valence-corrected chi connectivity index (χ1v) is 6.81. The molecule has 1 aromatic carbocycles. The minimum absolute atomic E-state index is 0.170. The average molecular weight is 271 g/mol. The summed E-state index contributed by atoms with van der Waals surface area (Å²) in [6.07, 6.45) is 1.75. The first-order chi connectivity index (χ1) is 9.56. The summed E-state index contributed by atoms with van der Waals surface area (Å²) in [5.74, 6) is 2.56. The molecule has 0 aliphatic heterocycles. The molecular weight excluding hydrogens is 250 g/mol. The maximum Gasteiger partial charge on any atom is 0.129 e. The van der Waals surface area contributed by atoms with Crippen molar-refractivity contribution < 1.29 is 4.74 Å². The highest BCUT2D eigenvalue weighted by atomic mass is 16.5. The molecule has 0 saturated carbocycles. The van der Waals surface area contributed by atoms with E-state index in [4.69, 9.17) is 4.74 Å². The van der Waals surface area contributed by atoms with Crippen LogP contribution in [0.3, 0.4) is 0 Å². The maximum atomic E-state index is 5.93. The van der Waals surface area contributed by atoms with Gasteiger partial charge in [0.25, 0.3) is 0 Å². The Morgan fingerprint density at radius 2 is 1.85 bits per heavy atom. The third-order valence-corrected chi connectivity index (χ3v) is 3.06. The number of hydrogen-bond acceptors (Lipinski definition) is 4. The molecule has 1 atom stereocenters. The number of para-hydroxylation sites is 1. The molecule has 0 aliphatic carbocycles. The fourth-order valence-electron chi connectivity index (χ4n) is 2.07. The number of benzene rings is 1. The fourth-order valence-corrected chi connectivity index (χ4v) is 2.07. The second-order valence-corrected chi connectivity index (χ2v) is 5.07. The Hall–Kier alpha value is -2.10. The van der Waals surface area contributed by atoms with E-state index in [0.29, 0.717) is 6.61 Å². The Morgan fingerprint density at radius 1 is 1.15 bits per heavy atom. The molecule has 1 unspecified atom stereocenters. The number of nitrogens with one attached hydrogen (secondary N) is 1. The van der Waals surface area contributed by atoms with Gasteiger partial charge in [0.15, 0.2) is 0 Å². The van der Waals surface area contributed by atoms with Crippen LogP contribution in [0, 0.1) is 20.8 Å². The second-order valence-electron chi connectivity index (χ2n) is 5.07. The number of nitrogens with zero attached hydrogens (tertiary/aromatic N) is 2. The molecule has 1 aromatic heterocycles. The number of aryl methyl sites for hydroxylation is 3. The van der Waals surface area contributed by atoms with Crippen LogP contribution in [0.1, 0.15) is 23.9 Å². The van der Waals surface area contributed by atoms with E-state index in [1.165, 1.54) is 0 Å². The van der Waals surface area contributed by atoms with Crippen LogP contribution in [0.4, 0.5) is 5.82 Å². The van der Waals surface area contributed by atoms with Crippen LogP contribution in [0.25, 0.3) is 0 Å². The van der Waals surface area contributed by atoms with E-state index >= 15 is 0 Å². The molecule has 0 fully saturated rings. The lowest BCUT2D eigenvalue weighted by Crippen LogP contribution is -2.24. The van der Waals surface area contributed by atoms with Crippen LogP contribution >= 0.6 is 0 Å². The van der Waals surface area contributed by atoms with Crippen molar-refractivity contribution in [3.63, 3.8) is 0 Å². The van der Waals surface area contributed by atoms with Gasteiger partial charge in [-0.3, -0.25) is 0 Å². The lowest BCUT2D eigenvalue weighted by molar-refractivity contribution is 0.300. The van der Waals surface area contributed by atoms with Gasteiger partial charge in [0.1, 0.15) is 24.0 Å². The van der Waals surface area contributed by atoms with Gasteiger partial charge in [0.05, 0.1) is 6.04 Å². The molecule has 0 amide bonds. The van der Waals surface area contributed by atoms with Crippen molar-refractivity contribution in [3.05, 3.63) is 47.4 Å². The summed E-state index contributed by atoms with van der Waals surface area (Å²) >= 11 is 0. The summed E-state index contributed by atoms with van der Waals surface area (Å²) in [5, 5.41) is 3.32. The van der Waals surface area contributed by atoms with Crippen molar-refractivity contribution in [3.8, 4) is 5.75 Å². The van der Waals surface area contributed by atoms with Gasteiger partial charge in [0, 0.05) is 6.20 Å². The van der Waals surface area contributed by atoms with Crippen molar-refractivity contribution in [2.45, 2.75) is 33.7 Å². The Labute approximate surface area is 120 Å². The molecule has 4 heteroatoms. The number of ether oxygens (including phenoxy) is 1. The largest absolute Gasteiger partial charge is 0.491 e. The monoisotopic (exact) mass is 271 g/mol. The van der Waals surface area contributed by atoms with Crippen LogP contribution in [0.2, 0.25) is 0 Å². The standard InChI is InChI=1S/C16H21N3O/c1-11-6-5-7-12(2)16(11)20-10-13(3)18-15-8-9-17-14(4)19-15/h5-9,13H,10H2,1-4H3,(H,17,18,19). The van der Waals surface area contributed by atoms with Crippen molar-refractivity contribution >= 4 is 5.82 Å².